The van der Waals surface area contributed by atoms with E-state index in [4.69, 9.17) is 0 Å². The molecular formula is C38H26O24. The zero-order chi connectivity index (χ0) is 45.9. The van der Waals surface area contributed by atoms with Crippen molar-refractivity contribution in [2.75, 3.05) is 0 Å². The summed E-state index contributed by atoms with van der Waals surface area (Å²) in [5, 5.41) is 258. The number of allylic oxidation sites excluding steroid dienone is 1. The fraction of sp³-hybridized carbons (Fsp3) is 0.0526. The van der Waals surface area contributed by atoms with E-state index in [1.807, 2.05) is 0 Å². The monoisotopic (exact) mass is 866 g/mol. The van der Waals surface area contributed by atoms with Crippen molar-refractivity contribution in [3.8, 4) is 120 Å². The Morgan fingerprint density at radius 2 is 0.484 bits per heavy atom. The van der Waals surface area contributed by atoms with E-state index in [0.717, 1.165) is 0 Å². The summed E-state index contributed by atoms with van der Waals surface area (Å²) in [5.41, 5.74) is -7.83. The van der Waals surface area contributed by atoms with Crippen molar-refractivity contribution in [2.24, 2.45) is 5.92 Å². The van der Waals surface area contributed by atoms with Gasteiger partial charge in [0.1, 0.15) is 23.0 Å². The highest BCUT2D eigenvalue weighted by Crippen LogP contribution is 2.68. The predicted octanol–water partition coefficient (Wildman–Crippen LogP) is 3.92. The number of hydrogen-bond acceptors (Lipinski definition) is 24. The van der Waals surface area contributed by atoms with Gasteiger partial charge in [0.05, 0.1) is 28.2 Å². The van der Waals surface area contributed by atoms with Crippen LogP contribution in [-0.2, 0) is 0 Å². The second kappa shape index (κ2) is 12.0. The Labute approximate surface area is 337 Å². The number of hydrogen-bond donors (Lipinski definition) is 24. The van der Waals surface area contributed by atoms with Gasteiger partial charge in [0.2, 0.25) is 46.0 Å². The molecule has 0 spiro atoms. The molecule has 0 bridgehead atoms. The van der Waals surface area contributed by atoms with Crippen LogP contribution in [0.4, 0.5) is 0 Å². The van der Waals surface area contributed by atoms with Crippen LogP contribution in [0.5, 0.6) is 109 Å². The molecule has 2 atom stereocenters. The molecular weight excluding hydrogens is 840 g/mol. The number of benzene rings is 6. The minimum Gasteiger partial charge on any atom is -0.511 e. The van der Waals surface area contributed by atoms with E-state index >= 15 is 0 Å². The van der Waals surface area contributed by atoms with Crippen molar-refractivity contribution in [1.82, 2.24) is 0 Å². The molecule has 62 heavy (non-hydrogen) atoms. The fourth-order valence-corrected chi connectivity index (χ4v) is 8.24. The molecule has 322 valence electrons. The number of rotatable bonds is 2. The molecule has 0 radical (unpaired) electrons. The van der Waals surface area contributed by atoms with Crippen molar-refractivity contribution >= 4 is 37.9 Å². The fourth-order valence-electron chi connectivity index (χ4n) is 8.24. The second-order valence-electron chi connectivity index (χ2n) is 14.0. The van der Waals surface area contributed by atoms with E-state index in [-0.39, 0.29) is 0 Å². The van der Waals surface area contributed by atoms with Gasteiger partial charge in [-0.15, -0.1) is 0 Å². The molecule has 0 saturated heterocycles. The average Bonchev–Trinajstić information content (AvgIpc) is 3.24. The van der Waals surface area contributed by atoms with E-state index in [9.17, 15) is 123 Å². The van der Waals surface area contributed by atoms with Crippen molar-refractivity contribution in [3.05, 3.63) is 45.5 Å². The minimum absolute atomic E-state index is 1.10. The van der Waals surface area contributed by atoms with Gasteiger partial charge in [0, 0.05) is 49.4 Å². The molecule has 24 heteroatoms. The van der Waals surface area contributed by atoms with E-state index in [1.165, 1.54) is 0 Å². The maximum absolute atomic E-state index is 12.2. The molecule has 0 heterocycles. The van der Waals surface area contributed by atoms with Crippen LogP contribution >= 0.6 is 0 Å². The van der Waals surface area contributed by atoms with E-state index in [0.29, 0.717) is 0 Å². The Morgan fingerprint density at radius 3 is 0.903 bits per heavy atom. The maximum Gasteiger partial charge on any atom is 0.205 e. The molecule has 0 amide bonds. The lowest BCUT2D eigenvalue weighted by Crippen LogP contribution is -2.31. The van der Waals surface area contributed by atoms with Gasteiger partial charge in [0.15, 0.2) is 69.0 Å². The van der Waals surface area contributed by atoms with Crippen LogP contribution in [0.1, 0.15) is 22.6 Å². The first-order chi connectivity index (χ1) is 28.9. The van der Waals surface area contributed by atoms with Crippen LogP contribution in [0.15, 0.2) is 28.8 Å². The Bertz CT molecular complexity index is 3200. The van der Waals surface area contributed by atoms with Crippen LogP contribution < -0.4 is 0 Å². The molecule has 6 aromatic rings. The highest BCUT2D eigenvalue weighted by atomic mass is 16.4. The third-order valence-electron chi connectivity index (χ3n) is 11.0. The standard InChI is InChI=1S/C38H26O24/c39-15-3(8-9(22(46)34(58)33(57)21(8)45)10-12(15)26(50)36(60)35(59)23(10)47)1-4-6(19(43)31(55)29(53)17(4)41)2(7-5(1)18(42)30(54)32(56)20(7)44)11-16(40)13-14(25(49)24(11)48)28(52)38(62)37(61)27(13)51/h10,12,39-62H. The molecule has 6 aromatic carbocycles. The SMILES string of the molecule is OC1=C(O)C2C(O)=C(c3c4c(O)c(O)c(O)c(O)c4c(-c4c(O)c(O)c5c(O)c(O)c(O)c(O)c5c4O)c4c(O)c(O)c(O)c(O)c34)c3c(O)c(O)c(O)c(O)c3C2C(O)=C1O. The molecule has 24 nitrogen and oxygen atoms in total. The van der Waals surface area contributed by atoms with E-state index in [2.05, 4.69) is 0 Å². The normalized spacial score (nSPS) is 16.5. The number of aromatic hydroxyl groups is 19. The topological polar surface area (TPSA) is 486 Å². The second-order valence-corrected chi connectivity index (χ2v) is 14.0. The van der Waals surface area contributed by atoms with Crippen LogP contribution in [-0.4, -0.2) is 123 Å². The molecule has 0 aromatic heterocycles. The number of phenols is 19. The van der Waals surface area contributed by atoms with Gasteiger partial charge < -0.3 is 123 Å². The number of aliphatic hydroxyl groups excluding tert-OH is 5. The smallest absolute Gasteiger partial charge is 0.205 e. The van der Waals surface area contributed by atoms with Gasteiger partial charge in [-0.05, 0) is 0 Å². The lowest BCUT2D eigenvalue weighted by Gasteiger charge is -2.38. The first kappa shape index (κ1) is 39.4. The van der Waals surface area contributed by atoms with Crippen molar-refractivity contribution in [1.29, 1.82) is 0 Å². The molecule has 2 aliphatic rings. The van der Waals surface area contributed by atoms with Gasteiger partial charge in [-0.3, -0.25) is 0 Å². The van der Waals surface area contributed by atoms with Crippen molar-refractivity contribution in [2.45, 2.75) is 5.92 Å². The third kappa shape index (κ3) is 4.26. The number of phenolic OH excluding ortho intramolecular Hbond substituents is 19. The number of aliphatic hydroxyl groups is 5. The molecule has 2 unspecified atom stereocenters. The molecule has 0 saturated carbocycles. The zero-order valence-electron chi connectivity index (χ0n) is 29.9. The summed E-state index contributed by atoms with van der Waals surface area (Å²) < 4.78 is 0. The van der Waals surface area contributed by atoms with Crippen LogP contribution in [0, 0.1) is 5.92 Å². The highest BCUT2D eigenvalue weighted by Gasteiger charge is 2.51. The molecule has 24 N–H and O–H groups in total. The van der Waals surface area contributed by atoms with Crippen LogP contribution in [0.3, 0.4) is 0 Å². The summed E-state index contributed by atoms with van der Waals surface area (Å²) >= 11 is 0. The molecule has 2 aliphatic carbocycles. The maximum atomic E-state index is 12.2. The highest BCUT2D eigenvalue weighted by molar-refractivity contribution is 6.29. The molecule has 8 rings (SSSR count). The lowest BCUT2D eigenvalue weighted by molar-refractivity contribution is 0.169. The Balaban J connectivity index is 1.76. The van der Waals surface area contributed by atoms with E-state index < -0.39 is 216 Å². The minimum atomic E-state index is -2.43. The summed E-state index contributed by atoms with van der Waals surface area (Å²) in [6.45, 7) is 0. The Kier molecular flexibility index (Phi) is 7.64. The van der Waals surface area contributed by atoms with Crippen LogP contribution in [0.2, 0.25) is 0 Å². The Hall–Kier alpha value is -9.48. The van der Waals surface area contributed by atoms with E-state index in [1.54, 1.807) is 0 Å². The van der Waals surface area contributed by atoms with Gasteiger partial charge >= 0.3 is 0 Å². The summed E-state index contributed by atoms with van der Waals surface area (Å²) in [5.74, 6) is -43.6. The van der Waals surface area contributed by atoms with Gasteiger partial charge in [-0.1, -0.05) is 0 Å². The van der Waals surface area contributed by atoms with Gasteiger partial charge in [0.25, 0.3) is 0 Å². The van der Waals surface area contributed by atoms with Gasteiger partial charge in [-0.2, -0.15) is 0 Å². The van der Waals surface area contributed by atoms with Crippen LogP contribution in [0.25, 0.3) is 49.0 Å². The molecule has 0 fully saturated rings. The van der Waals surface area contributed by atoms with Crippen molar-refractivity contribution < 1.29 is 123 Å². The first-order valence-electron chi connectivity index (χ1n) is 16.9. The summed E-state index contributed by atoms with van der Waals surface area (Å²) in [6.07, 6.45) is 0. The zero-order valence-corrected chi connectivity index (χ0v) is 29.9. The average molecular weight is 867 g/mol. The predicted molar refractivity (Wildman–Crippen MR) is 202 cm³/mol. The Morgan fingerprint density at radius 1 is 0.194 bits per heavy atom. The number of fused-ring (bicyclic) bond motifs is 6. The molecule has 0 aliphatic heterocycles. The quantitative estimate of drug-likeness (QED) is 0.0666. The largest absolute Gasteiger partial charge is 0.511 e. The lowest BCUT2D eigenvalue weighted by atomic mass is 9.67. The van der Waals surface area contributed by atoms with Crippen molar-refractivity contribution in [3.63, 3.8) is 0 Å². The third-order valence-corrected chi connectivity index (χ3v) is 11.0. The first-order valence-corrected chi connectivity index (χ1v) is 16.9. The van der Waals surface area contributed by atoms with Gasteiger partial charge in [-0.25, -0.2) is 0 Å². The summed E-state index contributed by atoms with van der Waals surface area (Å²) in [7, 11) is 0. The summed E-state index contributed by atoms with van der Waals surface area (Å²) in [6, 6.07) is 0. The summed E-state index contributed by atoms with van der Waals surface area (Å²) in [4.78, 5) is 0.